The van der Waals surface area contributed by atoms with Crippen LogP contribution >= 0.6 is 0 Å². The van der Waals surface area contributed by atoms with Crippen molar-refractivity contribution < 1.29 is 4.84 Å². The van der Waals surface area contributed by atoms with Crippen LogP contribution < -0.4 is 10.8 Å². The summed E-state index contributed by atoms with van der Waals surface area (Å²) in [5, 5.41) is 0. The van der Waals surface area contributed by atoms with Gasteiger partial charge in [-0.15, -0.1) is 0 Å². The molecule has 2 N–H and O–H groups in total. The van der Waals surface area contributed by atoms with Crippen LogP contribution in [0.4, 0.5) is 5.82 Å². The Morgan fingerprint density at radius 3 is 2.69 bits per heavy atom. The van der Waals surface area contributed by atoms with E-state index in [1.54, 1.807) is 0 Å². The molecule has 0 aromatic carbocycles. The third kappa shape index (κ3) is 2.03. The van der Waals surface area contributed by atoms with Gasteiger partial charge in [-0.1, -0.05) is 6.07 Å². The molecule has 4 heteroatoms. The summed E-state index contributed by atoms with van der Waals surface area (Å²) < 4.78 is 0. The van der Waals surface area contributed by atoms with Crippen molar-refractivity contribution in [1.82, 2.24) is 4.98 Å². The first kappa shape index (κ1) is 11.4. The van der Waals surface area contributed by atoms with Crippen LogP contribution in [-0.2, 0) is 10.4 Å². The van der Waals surface area contributed by atoms with E-state index in [0.717, 1.165) is 24.5 Å². The average Bonchev–Trinajstić information content (AvgIpc) is 2.82. The lowest BCUT2D eigenvalue weighted by Gasteiger charge is -2.28. The predicted octanol–water partition coefficient (Wildman–Crippen LogP) is 1.81. The molecule has 2 heterocycles. The second-order valence-electron chi connectivity index (χ2n) is 4.70. The van der Waals surface area contributed by atoms with Crippen LogP contribution in [0.5, 0.6) is 0 Å². The van der Waals surface area contributed by atoms with Crippen LogP contribution in [0.2, 0.25) is 0 Å². The summed E-state index contributed by atoms with van der Waals surface area (Å²) in [4.78, 5) is 11.8. The van der Waals surface area contributed by atoms with Crippen LogP contribution in [0.3, 0.4) is 0 Å². The Morgan fingerprint density at radius 1 is 1.38 bits per heavy atom. The van der Waals surface area contributed by atoms with Crippen molar-refractivity contribution in [1.29, 1.82) is 0 Å². The molecule has 0 radical (unpaired) electrons. The normalized spacial score (nSPS) is 16.8. The minimum absolute atomic E-state index is 0.494. The number of rotatable bonds is 3. The van der Waals surface area contributed by atoms with Crippen molar-refractivity contribution in [3.05, 3.63) is 23.9 Å². The Bertz CT molecular complexity index is 359. The number of aromatic nitrogens is 1. The Hall–Kier alpha value is -1.13. The zero-order valence-electron chi connectivity index (χ0n) is 9.94. The summed E-state index contributed by atoms with van der Waals surface area (Å²) in [6, 6.07) is 3.96. The number of nitrogens with zero attached hydrogens (tertiary/aromatic N) is 2. The Kier molecular flexibility index (Phi) is 3.12. The highest BCUT2D eigenvalue weighted by Gasteiger charge is 2.27. The molecule has 0 unspecified atom stereocenters. The highest BCUT2D eigenvalue weighted by Crippen LogP contribution is 2.31. The van der Waals surface area contributed by atoms with Gasteiger partial charge in [-0.2, -0.15) is 0 Å². The minimum Gasteiger partial charge on any atom is -0.356 e. The fourth-order valence-corrected chi connectivity index (χ4v) is 2.11. The third-order valence-corrected chi connectivity index (χ3v) is 3.14. The molecule has 0 spiro atoms. The van der Waals surface area contributed by atoms with Gasteiger partial charge in [-0.05, 0) is 32.8 Å². The minimum atomic E-state index is -0.494. The molecular formula is C12H19N3O. The van der Waals surface area contributed by atoms with Gasteiger partial charge in [-0.25, -0.2) is 10.9 Å². The molecular weight excluding hydrogens is 202 g/mol. The Balaban J connectivity index is 2.37. The lowest BCUT2D eigenvalue weighted by Crippen LogP contribution is -2.30. The largest absolute Gasteiger partial charge is 0.356 e. The molecule has 0 aliphatic carbocycles. The van der Waals surface area contributed by atoms with Gasteiger partial charge in [0.05, 0.1) is 0 Å². The standard InChI is InChI=1S/C12H19N3O/c1-12(2,16-13)10-6-5-7-14-11(10)15-8-3-4-9-15/h5-7H,3-4,8-9,13H2,1-2H3. The van der Waals surface area contributed by atoms with Gasteiger partial charge < -0.3 is 4.90 Å². The molecule has 0 atom stereocenters. The lowest BCUT2D eigenvalue weighted by molar-refractivity contribution is -0.0234. The zero-order valence-corrected chi connectivity index (χ0v) is 9.94. The summed E-state index contributed by atoms with van der Waals surface area (Å²) >= 11 is 0. The number of hydrogen-bond donors (Lipinski definition) is 1. The number of anilines is 1. The second-order valence-corrected chi connectivity index (χ2v) is 4.70. The average molecular weight is 221 g/mol. The first-order valence-electron chi connectivity index (χ1n) is 5.73. The summed E-state index contributed by atoms with van der Waals surface area (Å²) in [7, 11) is 0. The van der Waals surface area contributed by atoms with E-state index in [9.17, 15) is 0 Å². The summed E-state index contributed by atoms with van der Waals surface area (Å²) in [6.07, 6.45) is 4.30. The van der Waals surface area contributed by atoms with Crippen molar-refractivity contribution in [3.8, 4) is 0 Å². The molecule has 1 aliphatic rings. The highest BCUT2D eigenvalue weighted by atomic mass is 16.6. The molecule has 4 nitrogen and oxygen atoms in total. The van der Waals surface area contributed by atoms with E-state index in [1.807, 2.05) is 32.2 Å². The van der Waals surface area contributed by atoms with E-state index in [1.165, 1.54) is 12.8 Å². The van der Waals surface area contributed by atoms with Crippen molar-refractivity contribution in [2.24, 2.45) is 5.90 Å². The van der Waals surface area contributed by atoms with Gasteiger partial charge >= 0.3 is 0 Å². The molecule has 1 aromatic heterocycles. The molecule has 0 bridgehead atoms. The van der Waals surface area contributed by atoms with E-state index >= 15 is 0 Å². The van der Waals surface area contributed by atoms with E-state index in [4.69, 9.17) is 10.7 Å². The molecule has 16 heavy (non-hydrogen) atoms. The van der Waals surface area contributed by atoms with Gasteiger partial charge in [0, 0.05) is 24.8 Å². The number of pyridine rings is 1. The number of nitrogens with two attached hydrogens (primary N) is 1. The molecule has 2 rings (SSSR count). The van der Waals surface area contributed by atoms with E-state index in [0.29, 0.717) is 0 Å². The van der Waals surface area contributed by atoms with Crippen LogP contribution in [0.15, 0.2) is 18.3 Å². The molecule has 1 fully saturated rings. The number of hydrogen-bond acceptors (Lipinski definition) is 4. The van der Waals surface area contributed by atoms with E-state index < -0.39 is 5.60 Å². The molecule has 1 aromatic rings. The highest BCUT2D eigenvalue weighted by molar-refractivity contribution is 5.50. The Labute approximate surface area is 96.4 Å². The zero-order chi connectivity index (χ0) is 11.6. The van der Waals surface area contributed by atoms with Crippen molar-refractivity contribution in [2.75, 3.05) is 18.0 Å². The van der Waals surface area contributed by atoms with Crippen LogP contribution in [0.1, 0.15) is 32.3 Å². The van der Waals surface area contributed by atoms with Gasteiger partial charge in [0.15, 0.2) is 0 Å². The van der Waals surface area contributed by atoms with E-state index in [-0.39, 0.29) is 0 Å². The lowest BCUT2D eigenvalue weighted by atomic mass is 9.98. The van der Waals surface area contributed by atoms with Crippen molar-refractivity contribution >= 4 is 5.82 Å². The van der Waals surface area contributed by atoms with Gasteiger partial charge in [0.2, 0.25) is 0 Å². The molecule has 0 saturated carbocycles. The summed E-state index contributed by atoms with van der Waals surface area (Å²) in [5.74, 6) is 6.37. The maximum atomic E-state index is 5.36. The molecule has 1 saturated heterocycles. The quantitative estimate of drug-likeness (QED) is 0.791. The van der Waals surface area contributed by atoms with Gasteiger partial charge in [0.25, 0.3) is 0 Å². The summed E-state index contributed by atoms with van der Waals surface area (Å²) in [5.41, 5.74) is 0.561. The summed E-state index contributed by atoms with van der Waals surface area (Å²) in [6.45, 7) is 6.07. The van der Waals surface area contributed by atoms with Gasteiger partial charge in [0.1, 0.15) is 11.4 Å². The van der Waals surface area contributed by atoms with Crippen LogP contribution in [0, 0.1) is 0 Å². The Morgan fingerprint density at radius 2 is 2.06 bits per heavy atom. The van der Waals surface area contributed by atoms with Gasteiger partial charge in [-0.3, -0.25) is 4.84 Å². The fraction of sp³-hybridized carbons (Fsp3) is 0.583. The molecule has 0 amide bonds. The van der Waals surface area contributed by atoms with E-state index in [2.05, 4.69) is 9.88 Å². The second kappa shape index (κ2) is 4.39. The van der Waals surface area contributed by atoms with Crippen LogP contribution in [-0.4, -0.2) is 18.1 Å². The molecule has 1 aliphatic heterocycles. The van der Waals surface area contributed by atoms with Crippen molar-refractivity contribution in [2.45, 2.75) is 32.3 Å². The maximum Gasteiger partial charge on any atom is 0.134 e. The predicted molar refractivity (Wildman–Crippen MR) is 64.0 cm³/mol. The first-order valence-corrected chi connectivity index (χ1v) is 5.73. The third-order valence-electron chi connectivity index (χ3n) is 3.14. The molecule has 88 valence electrons. The SMILES string of the molecule is CC(C)(ON)c1cccnc1N1CCCC1. The topological polar surface area (TPSA) is 51.4 Å². The first-order chi connectivity index (χ1) is 7.65. The van der Waals surface area contributed by atoms with Crippen LogP contribution in [0.25, 0.3) is 0 Å². The maximum absolute atomic E-state index is 5.36. The monoisotopic (exact) mass is 221 g/mol. The van der Waals surface area contributed by atoms with Crippen molar-refractivity contribution in [3.63, 3.8) is 0 Å². The fourth-order valence-electron chi connectivity index (χ4n) is 2.11. The smallest absolute Gasteiger partial charge is 0.134 e.